The summed E-state index contributed by atoms with van der Waals surface area (Å²) in [6.07, 6.45) is 0.0795. The second-order valence-corrected chi connectivity index (χ2v) is 5.74. The molecular weight excluding hydrogens is 335 g/mol. The summed E-state index contributed by atoms with van der Waals surface area (Å²) in [7, 11) is 0. The molecule has 5 nitrogen and oxygen atoms in total. The third kappa shape index (κ3) is 4.34. The van der Waals surface area contributed by atoms with Gasteiger partial charge in [-0.1, -0.05) is 0 Å². The molecule has 1 heterocycles. The molecule has 1 aliphatic rings. The predicted molar refractivity (Wildman–Crippen MR) is 84.1 cm³/mol. The average molecular weight is 349 g/mol. The maximum absolute atomic E-state index is 12.5. The standard InChI is InChI=1S/C17H14F3N3O2/c18-17(19,20)12-1-3-13(4-2-12)22-15(24)10-7-11(9-21-8-10)16(25)23-14-5-6-14/h1-4,7-9,14H,5-6H2,(H,22,24)(H,23,25). The number of hydrogen-bond acceptors (Lipinski definition) is 3. The average Bonchev–Trinajstić information content (AvgIpc) is 3.38. The minimum absolute atomic E-state index is 0.142. The van der Waals surface area contributed by atoms with Gasteiger partial charge in [0.2, 0.25) is 0 Å². The first kappa shape index (κ1) is 16.9. The zero-order chi connectivity index (χ0) is 18.0. The van der Waals surface area contributed by atoms with Crippen molar-refractivity contribution >= 4 is 17.5 Å². The molecule has 130 valence electrons. The van der Waals surface area contributed by atoms with Crippen LogP contribution in [0.3, 0.4) is 0 Å². The highest BCUT2D eigenvalue weighted by Crippen LogP contribution is 2.29. The van der Waals surface area contributed by atoms with Crippen LogP contribution >= 0.6 is 0 Å². The second kappa shape index (κ2) is 6.54. The number of nitrogens with one attached hydrogen (secondary N) is 2. The first-order chi connectivity index (χ1) is 11.8. The molecule has 1 aromatic carbocycles. The van der Waals surface area contributed by atoms with Crippen molar-refractivity contribution in [1.82, 2.24) is 10.3 Å². The number of carbonyl (C=O) groups excluding carboxylic acids is 2. The number of carbonyl (C=O) groups is 2. The number of hydrogen-bond donors (Lipinski definition) is 2. The van der Waals surface area contributed by atoms with E-state index in [1.807, 2.05) is 0 Å². The van der Waals surface area contributed by atoms with E-state index in [0.29, 0.717) is 0 Å². The Bertz CT molecular complexity index is 800. The molecule has 0 radical (unpaired) electrons. The van der Waals surface area contributed by atoms with Crippen LogP contribution in [-0.2, 0) is 6.18 Å². The molecule has 0 spiro atoms. The summed E-state index contributed by atoms with van der Waals surface area (Å²) in [6.45, 7) is 0. The number of alkyl halides is 3. The first-order valence-corrected chi connectivity index (χ1v) is 7.57. The van der Waals surface area contributed by atoms with E-state index in [2.05, 4.69) is 15.6 Å². The molecule has 1 aliphatic carbocycles. The Labute approximate surface area is 141 Å². The molecule has 25 heavy (non-hydrogen) atoms. The van der Waals surface area contributed by atoms with Crippen molar-refractivity contribution in [3.05, 3.63) is 59.4 Å². The monoisotopic (exact) mass is 349 g/mol. The molecule has 0 bridgehead atoms. The van der Waals surface area contributed by atoms with Gasteiger partial charge in [-0.3, -0.25) is 14.6 Å². The second-order valence-electron chi connectivity index (χ2n) is 5.74. The summed E-state index contributed by atoms with van der Waals surface area (Å²) in [6, 6.07) is 5.66. The molecule has 1 aromatic heterocycles. The van der Waals surface area contributed by atoms with E-state index in [1.165, 1.54) is 18.5 Å². The maximum Gasteiger partial charge on any atom is 0.416 e. The summed E-state index contributed by atoms with van der Waals surface area (Å²) in [5.41, 5.74) is -0.188. The van der Waals surface area contributed by atoms with Gasteiger partial charge < -0.3 is 10.6 Å². The van der Waals surface area contributed by atoms with E-state index in [9.17, 15) is 22.8 Å². The van der Waals surface area contributed by atoms with Gasteiger partial charge in [-0.25, -0.2) is 0 Å². The van der Waals surface area contributed by atoms with Crippen molar-refractivity contribution in [2.45, 2.75) is 25.1 Å². The smallest absolute Gasteiger partial charge is 0.349 e. The van der Waals surface area contributed by atoms with E-state index in [4.69, 9.17) is 0 Å². The van der Waals surface area contributed by atoms with Crippen LogP contribution in [0, 0.1) is 0 Å². The lowest BCUT2D eigenvalue weighted by Crippen LogP contribution is -2.26. The number of amides is 2. The fraction of sp³-hybridized carbons (Fsp3) is 0.235. The van der Waals surface area contributed by atoms with Crippen molar-refractivity contribution in [2.24, 2.45) is 0 Å². The largest absolute Gasteiger partial charge is 0.416 e. The number of rotatable bonds is 4. The minimum atomic E-state index is -4.43. The Morgan fingerprint density at radius 3 is 2.16 bits per heavy atom. The number of benzene rings is 1. The summed E-state index contributed by atoms with van der Waals surface area (Å²) in [5, 5.41) is 5.27. The van der Waals surface area contributed by atoms with Crippen LogP contribution in [0.15, 0.2) is 42.7 Å². The van der Waals surface area contributed by atoms with Crippen molar-refractivity contribution in [1.29, 1.82) is 0 Å². The fourth-order valence-electron chi connectivity index (χ4n) is 2.13. The highest BCUT2D eigenvalue weighted by molar-refractivity contribution is 6.05. The lowest BCUT2D eigenvalue weighted by molar-refractivity contribution is -0.137. The maximum atomic E-state index is 12.5. The van der Waals surface area contributed by atoms with Crippen LogP contribution in [0.2, 0.25) is 0 Å². The molecule has 1 fully saturated rings. The molecule has 0 unspecified atom stereocenters. The molecule has 1 saturated carbocycles. The SMILES string of the molecule is O=C(Nc1ccc(C(F)(F)F)cc1)c1cncc(C(=O)NC2CC2)c1. The zero-order valence-electron chi connectivity index (χ0n) is 12.9. The van der Waals surface area contributed by atoms with E-state index in [1.54, 1.807) is 0 Å². The van der Waals surface area contributed by atoms with Crippen LogP contribution < -0.4 is 10.6 Å². The van der Waals surface area contributed by atoms with Crippen LogP contribution in [0.5, 0.6) is 0 Å². The Morgan fingerprint density at radius 2 is 1.60 bits per heavy atom. The molecule has 0 saturated heterocycles. The van der Waals surface area contributed by atoms with Crippen molar-refractivity contribution in [3.8, 4) is 0 Å². The van der Waals surface area contributed by atoms with Crippen molar-refractivity contribution in [3.63, 3.8) is 0 Å². The van der Waals surface area contributed by atoms with Gasteiger partial charge in [0.05, 0.1) is 16.7 Å². The van der Waals surface area contributed by atoms with Gasteiger partial charge >= 0.3 is 6.18 Å². The zero-order valence-corrected chi connectivity index (χ0v) is 12.9. The fourth-order valence-corrected chi connectivity index (χ4v) is 2.13. The Morgan fingerprint density at radius 1 is 1.00 bits per heavy atom. The van der Waals surface area contributed by atoms with Crippen LogP contribution in [0.25, 0.3) is 0 Å². The topological polar surface area (TPSA) is 71.1 Å². The molecule has 8 heteroatoms. The molecule has 2 aromatic rings. The number of nitrogens with zero attached hydrogens (tertiary/aromatic N) is 1. The summed E-state index contributed by atoms with van der Waals surface area (Å²) < 4.78 is 37.6. The van der Waals surface area contributed by atoms with Crippen LogP contribution in [-0.4, -0.2) is 22.8 Å². The molecule has 3 rings (SSSR count). The van der Waals surface area contributed by atoms with Gasteiger partial charge in [0.1, 0.15) is 0 Å². The third-order valence-corrected chi connectivity index (χ3v) is 3.65. The van der Waals surface area contributed by atoms with Gasteiger partial charge in [-0.05, 0) is 43.2 Å². The molecule has 2 N–H and O–H groups in total. The van der Waals surface area contributed by atoms with E-state index >= 15 is 0 Å². The summed E-state index contributed by atoms with van der Waals surface area (Å²) >= 11 is 0. The first-order valence-electron chi connectivity index (χ1n) is 7.57. The Kier molecular flexibility index (Phi) is 4.43. The third-order valence-electron chi connectivity index (χ3n) is 3.65. The molecule has 0 atom stereocenters. The molecule has 2 amide bonds. The van der Waals surface area contributed by atoms with Gasteiger partial charge in [0.25, 0.3) is 11.8 Å². The van der Waals surface area contributed by atoms with E-state index < -0.39 is 17.6 Å². The quantitative estimate of drug-likeness (QED) is 0.890. The number of halogens is 3. The Balaban J connectivity index is 1.69. The van der Waals surface area contributed by atoms with Crippen LogP contribution in [0.1, 0.15) is 39.1 Å². The van der Waals surface area contributed by atoms with Crippen LogP contribution in [0.4, 0.5) is 18.9 Å². The van der Waals surface area contributed by atoms with Crippen molar-refractivity contribution in [2.75, 3.05) is 5.32 Å². The van der Waals surface area contributed by atoms with Gasteiger partial charge in [0.15, 0.2) is 0 Å². The number of aromatic nitrogens is 1. The lowest BCUT2D eigenvalue weighted by atomic mass is 10.1. The number of anilines is 1. The molecule has 0 aliphatic heterocycles. The number of pyridine rings is 1. The van der Waals surface area contributed by atoms with Gasteiger partial charge in [-0.15, -0.1) is 0 Å². The Hall–Kier alpha value is -2.90. The highest BCUT2D eigenvalue weighted by atomic mass is 19.4. The lowest BCUT2D eigenvalue weighted by Gasteiger charge is -2.09. The van der Waals surface area contributed by atoms with Gasteiger partial charge in [-0.2, -0.15) is 13.2 Å². The summed E-state index contributed by atoms with van der Waals surface area (Å²) in [5.74, 6) is -0.868. The normalized spacial score (nSPS) is 14.0. The van der Waals surface area contributed by atoms with E-state index in [-0.39, 0.29) is 28.8 Å². The molecular formula is C17H14F3N3O2. The predicted octanol–water partition coefficient (Wildman–Crippen LogP) is 3.24. The summed E-state index contributed by atoms with van der Waals surface area (Å²) in [4.78, 5) is 28.0. The minimum Gasteiger partial charge on any atom is -0.349 e. The highest BCUT2D eigenvalue weighted by Gasteiger charge is 2.30. The van der Waals surface area contributed by atoms with Crippen molar-refractivity contribution < 1.29 is 22.8 Å². The van der Waals surface area contributed by atoms with E-state index in [0.717, 1.165) is 37.1 Å². The van der Waals surface area contributed by atoms with Gasteiger partial charge in [0, 0.05) is 24.1 Å².